The normalized spacial score (nSPS) is 15.9. The van der Waals surface area contributed by atoms with Crippen molar-refractivity contribution in [3.63, 3.8) is 0 Å². The molecule has 1 aliphatic rings. The number of fused-ring (bicyclic) bond motifs is 1. The van der Waals surface area contributed by atoms with E-state index in [1.165, 1.54) is 0 Å². The van der Waals surface area contributed by atoms with Crippen molar-refractivity contribution in [3.8, 4) is 0 Å². The highest BCUT2D eigenvalue weighted by molar-refractivity contribution is 7.99. The average Bonchev–Trinajstić information content (AvgIpc) is 2.89. The number of rotatable bonds is 1. The van der Waals surface area contributed by atoms with Crippen LogP contribution in [0.5, 0.6) is 0 Å². The van der Waals surface area contributed by atoms with E-state index in [0.717, 1.165) is 24.6 Å². The monoisotopic (exact) mass is 263 g/mol. The predicted molar refractivity (Wildman–Crippen MR) is 70.9 cm³/mol. The quantitative estimate of drug-likeness (QED) is 0.842. The predicted octanol–water partition coefficient (Wildman–Crippen LogP) is 1.31. The van der Waals surface area contributed by atoms with Gasteiger partial charge in [0, 0.05) is 30.8 Å². The number of thioether (sulfide) groups is 1. The number of nitrogens with zero attached hydrogens (tertiary/aromatic N) is 4. The van der Waals surface area contributed by atoms with Crippen LogP contribution in [0.2, 0.25) is 0 Å². The summed E-state index contributed by atoms with van der Waals surface area (Å²) in [5.41, 5.74) is 1.36. The molecule has 0 bridgehead atoms. The fourth-order valence-corrected chi connectivity index (χ4v) is 2.81. The maximum atomic E-state index is 12.1. The van der Waals surface area contributed by atoms with E-state index in [0.29, 0.717) is 11.3 Å². The second kappa shape index (κ2) is 4.85. The van der Waals surface area contributed by atoms with E-state index < -0.39 is 0 Å². The van der Waals surface area contributed by atoms with E-state index in [1.54, 1.807) is 10.7 Å². The number of hydrogen-bond acceptors (Lipinski definition) is 4. The maximum absolute atomic E-state index is 12.1. The molecule has 18 heavy (non-hydrogen) atoms. The molecule has 0 radical (unpaired) electrons. The molecule has 0 unspecified atom stereocenters. The average molecular weight is 263 g/mol. The number of anilines is 1. The van der Waals surface area contributed by atoms with Crippen molar-refractivity contribution in [3.05, 3.63) is 24.7 Å². The van der Waals surface area contributed by atoms with Gasteiger partial charge in [-0.15, -0.1) is 10.2 Å². The fraction of sp³-hybridized carbons (Fsp3) is 0.364. The van der Waals surface area contributed by atoms with Crippen LogP contribution in [0.15, 0.2) is 24.7 Å². The molecule has 2 aromatic rings. The zero-order valence-electron chi connectivity index (χ0n) is 9.74. The molecule has 1 aliphatic heterocycles. The van der Waals surface area contributed by atoms with Crippen LogP contribution in [-0.2, 0) is 0 Å². The van der Waals surface area contributed by atoms with Crippen molar-refractivity contribution in [2.45, 2.75) is 0 Å². The third-order valence-electron chi connectivity index (χ3n) is 2.86. The van der Waals surface area contributed by atoms with Gasteiger partial charge in [-0.25, -0.2) is 4.79 Å². The summed E-state index contributed by atoms with van der Waals surface area (Å²) in [6.07, 6.45) is 3.46. The molecular formula is C11H13N5OS. The Labute approximate surface area is 108 Å². The van der Waals surface area contributed by atoms with Crippen molar-refractivity contribution in [2.24, 2.45) is 0 Å². The second-order valence-electron chi connectivity index (χ2n) is 4.01. The van der Waals surface area contributed by atoms with Crippen LogP contribution in [0.3, 0.4) is 0 Å². The van der Waals surface area contributed by atoms with E-state index in [1.807, 2.05) is 35.0 Å². The van der Waals surface area contributed by atoms with Gasteiger partial charge in [-0.05, 0) is 12.1 Å². The summed E-state index contributed by atoms with van der Waals surface area (Å²) in [6.45, 7) is 1.60. The molecule has 1 saturated heterocycles. The minimum Gasteiger partial charge on any atom is -0.323 e. The first-order chi connectivity index (χ1) is 8.84. The van der Waals surface area contributed by atoms with Crippen molar-refractivity contribution in [1.82, 2.24) is 19.5 Å². The Morgan fingerprint density at radius 1 is 1.39 bits per heavy atom. The van der Waals surface area contributed by atoms with E-state index >= 15 is 0 Å². The third kappa shape index (κ3) is 2.13. The Kier molecular flexibility index (Phi) is 3.06. The number of urea groups is 1. The minimum atomic E-state index is -0.0635. The topological polar surface area (TPSA) is 62.5 Å². The SMILES string of the molecule is O=C(Nc1cccn2cnnc12)N1CCSCC1. The highest BCUT2D eigenvalue weighted by atomic mass is 32.2. The summed E-state index contributed by atoms with van der Waals surface area (Å²) in [4.78, 5) is 13.9. The van der Waals surface area contributed by atoms with Gasteiger partial charge in [0.2, 0.25) is 0 Å². The van der Waals surface area contributed by atoms with Crippen LogP contribution in [0.25, 0.3) is 5.65 Å². The molecule has 1 fully saturated rings. The Bertz CT molecular complexity index is 563. The number of aromatic nitrogens is 3. The molecule has 3 heterocycles. The van der Waals surface area contributed by atoms with Gasteiger partial charge in [0.25, 0.3) is 0 Å². The molecule has 6 nitrogen and oxygen atoms in total. The summed E-state index contributed by atoms with van der Waals surface area (Å²) < 4.78 is 1.78. The number of amides is 2. The number of carbonyl (C=O) groups excluding carboxylic acids is 1. The van der Waals surface area contributed by atoms with Crippen LogP contribution >= 0.6 is 11.8 Å². The first-order valence-corrected chi connectivity index (χ1v) is 6.92. The third-order valence-corrected chi connectivity index (χ3v) is 3.81. The standard InChI is InChI=1S/C11H13N5OS/c17-11(15-4-6-18-7-5-15)13-9-2-1-3-16-8-12-14-10(9)16/h1-3,8H,4-7H2,(H,13,17). The molecule has 2 aromatic heterocycles. The highest BCUT2D eigenvalue weighted by Gasteiger charge is 2.17. The van der Waals surface area contributed by atoms with Crippen LogP contribution in [-0.4, -0.2) is 50.1 Å². The lowest BCUT2D eigenvalue weighted by atomic mass is 10.4. The first kappa shape index (κ1) is 11.3. The van der Waals surface area contributed by atoms with Crippen LogP contribution in [0.1, 0.15) is 0 Å². The van der Waals surface area contributed by atoms with Gasteiger partial charge in [0.1, 0.15) is 6.33 Å². The Hall–Kier alpha value is -1.76. The van der Waals surface area contributed by atoms with Crippen LogP contribution in [0.4, 0.5) is 10.5 Å². The Balaban J connectivity index is 1.79. The maximum Gasteiger partial charge on any atom is 0.322 e. The van der Waals surface area contributed by atoms with E-state index in [2.05, 4.69) is 15.5 Å². The molecule has 2 amide bonds. The highest BCUT2D eigenvalue weighted by Crippen LogP contribution is 2.15. The van der Waals surface area contributed by atoms with Gasteiger partial charge >= 0.3 is 6.03 Å². The van der Waals surface area contributed by atoms with Crippen molar-refractivity contribution in [1.29, 1.82) is 0 Å². The number of hydrogen-bond donors (Lipinski definition) is 1. The van der Waals surface area contributed by atoms with Gasteiger partial charge in [0.05, 0.1) is 5.69 Å². The first-order valence-electron chi connectivity index (χ1n) is 5.76. The number of nitrogens with one attached hydrogen (secondary N) is 1. The zero-order valence-corrected chi connectivity index (χ0v) is 10.6. The number of carbonyl (C=O) groups is 1. The van der Waals surface area contributed by atoms with Gasteiger partial charge in [-0.3, -0.25) is 4.40 Å². The van der Waals surface area contributed by atoms with E-state index in [-0.39, 0.29) is 6.03 Å². The molecule has 7 heteroatoms. The summed E-state index contributed by atoms with van der Waals surface area (Å²) >= 11 is 1.88. The molecule has 0 aliphatic carbocycles. The van der Waals surface area contributed by atoms with E-state index in [9.17, 15) is 4.79 Å². The lowest BCUT2D eigenvalue weighted by molar-refractivity contribution is 0.217. The fourth-order valence-electron chi connectivity index (χ4n) is 1.91. The van der Waals surface area contributed by atoms with Gasteiger partial charge in [-0.1, -0.05) is 0 Å². The summed E-state index contributed by atoms with van der Waals surface area (Å²) in [5.74, 6) is 2.01. The molecule has 1 N–H and O–H groups in total. The molecule has 0 saturated carbocycles. The molecule has 0 aromatic carbocycles. The Morgan fingerprint density at radius 2 is 2.22 bits per heavy atom. The van der Waals surface area contributed by atoms with Gasteiger partial charge in [0.15, 0.2) is 5.65 Å². The minimum absolute atomic E-state index is 0.0635. The second-order valence-corrected chi connectivity index (χ2v) is 5.24. The van der Waals surface area contributed by atoms with Gasteiger partial charge in [-0.2, -0.15) is 11.8 Å². The largest absolute Gasteiger partial charge is 0.323 e. The summed E-state index contributed by atoms with van der Waals surface area (Å²) in [6, 6.07) is 3.63. The molecule has 0 atom stereocenters. The van der Waals surface area contributed by atoms with E-state index in [4.69, 9.17) is 0 Å². The lowest BCUT2D eigenvalue weighted by Crippen LogP contribution is -2.40. The van der Waals surface area contributed by atoms with Crippen LogP contribution in [0, 0.1) is 0 Å². The molecule has 0 spiro atoms. The van der Waals surface area contributed by atoms with Crippen molar-refractivity contribution < 1.29 is 4.79 Å². The molecule has 94 valence electrons. The summed E-state index contributed by atoms with van der Waals surface area (Å²) in [7, 11) is 0. The summed E-state index contributed by atoms with van der Waals surface area (Å²) in [5, 5.41) is 10.7. The Morgan fingerprint density at radius 3 is 3.06 bits per heavy atom. The molecular weight excluding hydrogens is 250 g/mol. The van der Waals surface area contributed by atoms with Gasteiger partial charge < -0.3 is 10.2 Å². The van der Waals surface area contributed by atoms with Crippen LogP contribution < -0.4 is 5.32 Å². The lowest BCUT2D eigenvalue weighted by Gasteiger charge is -2.26. The van der Waals surface area contributed by atoms with Crippen molar-refractivity contribution >= 4 is 29.1 Å². The molecule has 3 rings (SSSR count). The van der Waals surface area contributed by atoms with Crippen molar-refractivity contribution in [2.75, 3.05) is 29.9 Å². The smallest absolute Gasteiger partial charge is 0.322 e. The zero-order chi connectivity index (χ0) is 12.4. The number of pyridine rings is 1.